The first-order valence-electron chi connectivity index (χ1n) is 8.87. The molecule has 0 aliphatic heterocycles. The van der Waals surface area contributed by atoms with Crippen molar-refractivity contribution in [1.82, 2.24) is 10.2 Å². The predicted octanol–water partition coefficient (Wildman–Crippen LogP) is 5.52. The zero-order valence-corrected chi connectivity index (χ0v) is 14.4. The molecule has 0 aliphatic carbocycles. The van der Waals surface area contributed by atoms with Gasteiger partial charge in [-0.05, 0) is 49.9 Å². The van der Waals surface area contributed by atoms with Gasteiger partial charge in [0, 0.05) is 0 Å². The van der Waals surface area contributed by atoms with Gasteiger partial charge in [0.25, 0.3) is 0 Å². The molecule has 0 bridgehead atoms. The van der Waals surface area contributed by atoms with E-state index < -0.39 is 0 Å². The number of aromatic nitrogens is 2. The number of unbranched alkanes of at least 4 members (excludes halogenated alkanes) is 3. The Morgan fingerprint density at radius 2 is 1.65 bits per heavy atom. The van der Waals surface area contributed by atoms with Gasteiger partial charge in [0.2, 0.25) is 0 Å². The van der Waals surface area contributed by atoms with E-state index in [0.717, 1.165) is 42.8 Å². The number of benzene rings is 1. The van der Waals surface area contributed by atoms with Gasteiger partial charge >= 0.3 is 0 Å². The number of aryl methyl sites for hydroxylation is 1. The third-order valence-corrected chi connectivity index (χ3v) is 3.95. The van der Waals surface area contributed by atoms with E-state index in [1.54, 1.807) is 0 Å². The van der Waals surface area contributed by atoms with Gasteiger partial charge in [-0.2, -0.15) is 10.2 Å². The number of hydrogen-bond acceptors (Lipinski definition) is 3. The van der Waals surface area contributed by atoms with Crippen molar-refractivity contribution in [3.05, 3.63) is 53.9 Å². The van der Waals surface area contributed by atoms with Crippen molar-refractivity contribution in [3.8, 4) is 5.75 Å². The topological polar surface area (TPSA) is 35.0 Å². The summed E-state index contributed by atoms with van der Waals surface area (Å²) in [6.45, 7) is 4.41. The standard InChI is InChI=1S/C20H28N2O/c1-3-5-8-11-17-15-16-19(22-21-17)20(14-6-4-2)23-18-12-9-7-10-13-18/h7,9-10,12-13,15-16,20H,3-6,8,11,14H2,1-2H3. The van der Waals surface area contributed by atoms with Crippen LogP contribution < -0.4 is 4.74 Å². The molecule has 0 saturated heterocycles. The fourth-order valence-electron chi connectivity index (χ4n) is 2.55. The molecule has 2 aromatic rings. The molecule has 23 heavy (non-hydrogen) atoms. The maximum absolute atomic E-state index is 6.14. The fourth-order valence-corrected chi connectivity index (χ4v) is 2.55. The molecule has 1 unspecified atom stereocenters. The summed E-state index contributed by atoms with van der Waals surface area (Å²) in [5.74, 6) is 0.891. The zero-order chi connectivity index (χ0) is 16.3. The second kappa shape index (κ2) is 9.98. The Hall–Kier alpha value is -1.90. The van der Waals surface area contributed by atoms with E-state index in [4.69, 9.17) is 4.74 Å². The van der Waals surface area contributed by atoms with Crippen molar-refractivity contribution in [1.29, 1.82) is 0 Å². The van der Waals surface area contributed by atoms with E-state index in [1.807, 2.05) is 30.3 Å². The second-order valence-corrected chi connectivity index (χ2v) is 5.97. The van der Waals surface area contributed by atoms with Crippen LogP contribution in [0.25, 0.3) is 0 Å². The lowest BCUT2D eigenvalue weighted by molar-refractivity contribution is 0.185. The predicted molar refractivity (Wildman–Crippen MR) is 94.6 cm³/mol. The Bertz CT molecular complexity index is 539. The Balaban J connectivity index is 2.02. The average Bonchev–Trinajstić information content (AvgIpc) is 2.60. The van der Waals surface area contributed by atoms with Crippen molar-refractivity contribution in [2.75, 3.05) is 0 Å². The summed E-state index contributed by atoms with van der Waals surface area (Å²) in [5, 5.41) is 8.82. The minimum absolute atomic E-state index is 0.0189. The monoisotopic (exact) mass is 312 g/mol. The van der Waals surface area contributed by atoms with Crippen LogP contribution in [0.3, 0.4) is 0 Å². The minimum atomic E-state index is -0.0189. The van der Waals surface area contributed by atoms with Gasteiger partial charge in [-0.15, -0.1) is 0 Å². The van der Waals surface area contributed by atoms with Gasteiger partial charge in [0.1, 0.15) is 17.5 Å². The molecule has 1 aromatic heterocycles. The molecule has 0 spiro atoms. The van der Waals surface area contributed by atoms with Crippen LogP contribution in [0, 0.1) is 0 Å². The normalized spacial score (nSPS) is 12.1. The third kappa shape index (κ3) is 6.01. The SMILES string of the molecule is CCCCCc1ccc(C(CCCC)Oc2ccccc2)nn1. The molecule has 0 amide bonds. The van der Waals surface area contributed by atoms with Crippen LogP contribution in [0.1, 0.15) is 69.9 Å². The number of hydrogen-bond donors (Lipinski definition) is 0. The van der Waals surface area contributed by atoms with Crippen molar-refractivity contribution in [2.45, 2.75) is 64.9 Å². The highest BCUT2D eigenvalue weighted by atomic mass is 16.5. The summed E-state index contributed by atoms with van der Waals surface area (Å²) >= 11 is 0. The Labute approximate surface area is 140 Å². The smallest absolute Gasteiger partial charge is 0.142 e. The van der Waals surface area contributed by atoms with Crippen molar-refractivity contribution in [3.63, 3.8) is 0 Å². The van der Waals surface area contributed by atoms with E-state index >= 15 is 0 Å². The van der Waals surface area contributed by atoms with Crippen LogP contribution in [-0.2, 0) is 6.42 Å². The molecule has 1 atom stereocenters. The van der Waals surface area contributed by atoms with Crippen molar-refractivity contribution in [2.24, 2.45) is 0 Å². The summed E-state index contributed by atoms with van der Waals surface area (Å²) in [5.41, 5.74) is 2.01. The van der Waals surface area contributed by atoms with Crippen LogP contribution in [0.15, 0.2) is 42.5 Å². The highest BCUT2D eigenvalue weighted by molar-refractivity contribution is 5.22. The van der Waals surface area contributed by atoms with E-state index in [2.05, 4.69) is 36.2 Å². The number of rotatable bonds is 10. The third-order valence-electron chi connectivity index (χ3n) is 3.95. The van der Waals surface area contributed by atoms with E-state index in [-0.39, 0.29) is 6.10 Å². The largest absolute Gasteiger partial charge is 0.484 e. The van der Waals surface area contributed by atoms with Crippen LogP contribution in [-0.4, -0.2) is 10.2 Å². The molecule has 1 aromatic carbocycles. The summed E-state index contributed by atoms with van der Waals surface area (Å²) in [7, 11) is 0. The van der Waals surface area contributed by atoms with E-state index in [1.165, 1.54) is 19.3 Å². The summed E-state index contributed by atoms with van der Waals surface area (Å²) in [4.78, 5) is 0. The molecule has 0 N–H and O–H groups in total. The summed E-state index contributed by atoms with van der Waals surface area (Å²) in [6, 6.07) is 14.2. The van der Waals surface area contributed by atoms with Gasteiger partial charge in [-0.3, -0.25) is 0 Å². The fraction of sp³-hybridized carbons (Fsp3) is 0.500. The number of para-hydroxylation sites is 1. The molecule has 0 aliphatic rings. The molecule has 2 rings (SSSR count). The molecular formula is C20H28N2O. The molecule has 0 saturated carbocycles. The minimum Gasteiger partial charge on any atom is -0.484 e. The lowest BCUT2D eigenvalue weighted by Gasteiger charge is -2.18. The molecule has 3 heteroatoms. The second-order valence-electron chi connectivity index (χ2n) is 5.97. The molecule has 124 valence electrons. The maximum atomic E-state index is 6.14. The van der Waals surface area contributed by atoms with Crippen LogP contribution in [0.2, 0.25) is 0 Å². The van der Waals surface area contributed by atoms with E-state index in [9.17, 15) is 0 Å². The first-order chi connectivity index (χ1) is 11.3. The molecular weight excluding hydrogens is 284 g/mol. The van der Waals surface area contributed by atoms with Crippen LogP contribution in [0.4, 0.5) is 0 Å². The molecule has 3 nitrogen and oxygen atoms in total. The maximum Gasteiger partial charge on any atom is 0.142 e. The van der Waals surface area contributed by atoms with Gasteiger partial charge in [0.05, 0.1) is 5.69 Å². The molecule has 0 radical (unpaired) electrons. The van der Waals surface area contributed by atoms with Gasteiger partial charge in [-0.25, -0.2) is 0 Å². The van der Waals surface area contributed by atoms with Gasteiger partial charge in [-0.1, -0.05) is 51.3 Å². The van der Waals surface area contributed by atoms with Crippen molar-refractivity contribution >= 4 is 0 Å². The highest BCUT2D eigenvalue weighted by Gasteiger charge is 2.15. The lowest BCUT2D eigenvalue weighted by Crippen LogP contribution is -2.11. The van der Waals surface area contributed by atoms with E-state index in [0.29, 0.717) is 0 Å². The Morgan fingerprint density at radius 1 is 0.870 bits per heavy atom. The van der Waals surface area contributed by atoms with Gasteiger partial charge < -0.3 is 4.74 Å². The average molecular weight is 312 g/mol. The first-order valence-corrected chi connectivity index (χ1v) is 8.87. The molecule has 0 fully saturated rings. The molecule has 1 heterocycles. The van der Waals surface area contributed by atoms with Gasteiger partial charge in [0.15, 0.2) is 0 Å². The Kier molecular flexibility index (Phi) is 7.58. The van der Waals surface area contributed by atoms with Crippen molar-refractivity contribution < 1.29 is 4.74 Å². The number of ether oxygens (including phenoxy) is 1. The lowest BCUT2D eigenvalue weighted by atomic mass is 10.1. The zero-order valence-electron chi connectivity index (χ0n) is 14.4. The quantitative estimate of drug-likeness (QED) is 0.542. The van der Waals surface area contributed by atoms with Crippen LogP contribution >= 0.6 is 0 Å². The Morgan fingerprint density at radius 3 is 2.30 bits per heavy atom. The summed E-state index contributed by atoms with van der Waals surface area (Å²) < 4.78 is 6.14. The number of nitrogens with zero attached hydrogens (tertiary/aromatic N) is 2. The summed E-state index contributed by atoms with van der Waals surface area (Å²) in [6.07, 6.45) is 7.90. The highest BCUT2D eigenvalue weighted by Crippen LogP contribution is 2.25. The first kappa shape index (κ1) is 17.5. The van der Waals surface area contributed by atoms with Crippen LogP contribution in [0.5, 0.6) is 5.75 Å².